The van der Waals surface area contributed by atoms with Gasteiger partial charge in [0.15, 0.2) is 16.9 Å². The van der Waals surface area contributed by atoms with Gasteiger partial charge in [-0.2, -0.15) is 0 Å². The first kappa shape index (κ1) is 21.3. The molecule has 0 aliphatic rings. The van der Waals surface area contributed by atoms with Gasteiger partial charge in [0.25, 0.3) is 5.91 Å². The van der Waals surface area contributed by atoms with E-state index in [4.69, 9.17) is 8.83 Å². The summed E-state index contributed by atoms with van der Waals surface area (Å²) in [6.45, 7) is 1.98. The fraction of sp³-hybridized carbons (Fsp3) is 0.0741. The number of carbonyl (C=O) groups excluding carboxylic acids is 2. The number of halogens is 1. The third-order valence-electron chi connectivity index (χ3n) is 5.57. The van der Waals surface area contributed by atoms with Gasteiger partial charge in [0.05, 0.1) is 11.1 Å². The van der Waals surface area contributed by atoms with Crippen LogP contribution in [0.4, 0.5) is 10.1 Å². The van der Waals surface area contributed by atoms with Gasteiger partial charge >= 0.3 is 0 Å². The Balaban J connectivity index is 1.56. The quantitative estimate of drug-likeness (QED) is 0.342. The number of furan rings is 1. The molecule has 0 unspecified atom stereocenters. The highest BCUT2D eigenvalue weighted by Gasteiger charge is 2.25. The minimum absolute atomic E-state index is 0.114. The molecule has 0 radical (unpaired) electrons. The van der Waals surface area contributed by atoms with Crippen molar-refractivity contribution in [3.8, 4) is 0 Å². The summed E-state index contributed by atoms with van der Waals surface area (Å²) in [5.41, 5.74) is 1.64. The number of carbonyl (C=O) groups is 2. The maximum atomic E-state index is 13.3. The molecule has 3 aromatic carbocycles. The first-order valence-electron chi connectivity index (χ1n) is 10.6. The third kappa shape index (κ3) is 3.77. The topological polar surface area (TPSA) is 89.5 Å². The molecule has 0 saturated carbocycles. The molecule has 1 N–H and O–H groups in total. The molecule has 2 aromatic heterocycles. The van der Waals surface area contributed by atoms with Crippen LogP contribution in [0.5, 0.6) is 0 Å². The predicted octanol–water partition coefficient (Wildman–Crippen LogP) is 5.72. The third-order valence-corrected chi connectivity index (χ3v) is 5.57. The minimum Gasteiger partial charge on any atom is -0.451 e. The van der Waals surface area contributed by atoms with Crippen LogP contribution < -0.4 is 10.7 Å². The lowest BCUT2D eigenvalue weighted by Gasteiger charge is -2.07. The van der Waals surface area contributed by atoms with Gasteiger partial charge in [-0.05, 0) is 60.5 Å². The molecule has 168 valence electrons. The summed E-state index contributed by atoms with van der Waals surface area (Å²) in [4.78, 5) is 38.8. The number of para-hydroxylation sites is 1. The molecule has 0 aliphatic carbocycles. The van der Waals surface area contributed by atoms with Crippen LogP contribution in [0.3, 0.4) is 0 Å². The maximum absolute atomic E-state index is 13.3. The number of hydrogen-bond donors (Lipinski definition) is 1. The van der Waals surface area contributed by atoms with E-state index in [0.717, 1.165) is 18.1 Å². The number of ketones is 1. The van der Waals surface area contributed by atoms with Crippen LogP contribution >= 0.6 is 0 Å². The van der Waals surface area contributed by atoms with E-state index >= 15 is 0 Å². The van der Waals surface area contributed by atoms with Crippen molar-refractivity contribution >= 4 is 39.3 Å². The largest absolute Gasteiger partial charge is 0.451 e. The molecule has 5 aromatic rings. The molecule has 0 atom stereocenters. The van der Waals surface area contributed by atoms with E-state index in [1.165, 1.54) is 24.3 Å². The second-order valence-corrected chi connectivity index (χ2v) is 7.75. The van der Waals surface area contributed by atoms with Crippen molar-refractivity contribution in [3.63, 3.8) is 0 Å². The fourth-order valence-electron chi connectivity index (χ4n) is 3.77. The Labute approximate surface area is 192 Å². The second-order valence-electron chi connectivity index (χ2n) is 7.75. The summed E-state index contributed by atoms with van der Waals surface area (Å²) >= 11 is 0. The highest BCUT2D eigenvalue weighted by molar-refractivity contribution is 6.18. The number of fused-ring (bicyclic) bond motifs is 2. The summed E-state index contributed by atoms with van der Waals surface area (Å²) in [7, 11) is 0. The van der Waals surface area contributed by atoms with Gasteiger partial charge in [-0.1, -0.05) is 25.1 Å². The van der Waals surface area contributed by atoms with Gasteiger partial charge in [-0.3, -0.25) is 14.4 Å². The number of amides is 1. The van der Waals surface area contributed by atoms with Crippen LogP contribution in [-0.4, -0.2) is 11.7 Å². The van der Waals surface area contributed by atoms with Gasteiger partial charge in [0.1, 0.15) is 17.0 Å². The van der Waals surface area contributed by atoms with Crippen LogP contribution in [-0.2, 0) is 6.42 Å². The molecule has 6 nitrogen and oxygen atoms in total. The smallest absolute Gasteiger partial charge is 0.291 e. The molecule has 1 amide bonds. The molecule has 2 heterocycles. The summed E-state index contributed by atoms with van der Waals surface area (Å²) in [5.74, 6) is -2.03. The van der Waals surface area contributed by atoms with Crippen molar-refractivity contribution in [3.05, 3.63) is 111 Å². The lowest BCUT2D eigenvalue weighted by molar-refractivity contribution is 0.0997. The Morgan fingerprint density at radius 3 is 2.38 bits per heavy atom. The average Bonchev–Trinajstić information content (AvgIpc) is 3.22. The standard InChI is InChI=1S/C27H18FNO5/c1-2-15-7-12-22-19(13-15)20(30)14-23(33-22)27(32)29-24-18-5-3-4-6-21(18)34-26(24)25(31)16-8-10-17(28)11-9-16/h3-14H,2H2,1H3,(H,29,32). The molecule has 0 bridgehead atoms. The zero-order chi connectivity index (χ0) is 23.8. The van der Waals surface area contributed by atoms with Crippen LogP contribution in [0.15, 0.2) is 86.4 Å². The molecule has 0 fully saturated rings. The molecule has 34 heavy (non-hydrogen) atoms. The summed E-state index contributed by atoms with van der Waals surface area (Å²) in [6.07, 6.45) is 0.760. The van der Waals surface area contributed by atoms with Crippen molar-refractivity contribution in [1.82, 2.24) is 0 Å². The normalized spacial score (nSPS) is 11.1. The first-order valence-corrected chi connectivity index (χ1v) is 10.6. The molecular formula is C27H18FNO5. The first-order chi connectivity index (χ1) is 16.4. The van der Waals surface area contributed by atoms with E-state index in [-0.39, 0.29) is 33.8 Å². The molecule has 5 rings (SSSR count). The van der Waals surface area contributed by atoms with E-state index in [2.05, 4.69) is 5.32 Å². The van der Waals surface area contributed by atoms with E-state index in [1.807, 2.05) is 13.0 Å². The monoisotopic (exact) mass is 455 g/mol. The number of nitrogens with one attached hydrogen (secondary N) is 1. The van der Waals surface area contributed by atoms with Crippen molar-refractivity contribution in [2.45, 2.75) is 13.3 Å². The van der Waals surface area contributed by atoms with Crippen LogP contribution in [0, 0.1) is 5.82 Å². The summed E-state index contributed by atoms with van der Waals surface area (Å²) in [5, 5.41) is 3.55. The Morgan fingerprint density at radius 2 is 1.62 bits per heavy atom. The van der Waals surface area contributed by atoms with Crippen LogP contribution in [0.2, 0.25) is 0 Å². The Kier molecular flexibility index (Phi) is 5.30. The summed E-state index contributed by atoms with van der Waals surface area (Å²) < 4.78 is 24.8. The van der Waals surface area contributed by atoms with E-state index in [9.17, 15) is 18.8 Å². The van der Waals surface area contributed by atoms with Gasteiger partial charge in [-0.25, -0.2) is 4.39 Å². The van der Waals surface area contributed by atoms with Crippen LogP contribution in [0.1, 0.15) is 39.2 Å². The SMILES string of the molecule is CCc1ccc2oc(C(=O)Nc3c(C(=O)c4ccc(F)cc4)oc4ccccc34)cc(=O)c2c1. The average molecular weight is 455 g/mol. The zero-order valence-corrected chi connectivity index (χ0v) is 18.1. The number of aryl methyl sites for hydroxylation is 1. The summed E-state index contributed by atoms with van der Waals surface area (Å²) in [6, 6.07) is 18.2. The second kappa shape index (κ2) is 8.44. The molecule has 0 aliphatic heterocycles. The van der Waals surface area contributed by atoms with Crippen molar-refractivity contribution in [2.75, 3.05) is 5.32 Å². The van der Waals surface area contributed by atoms with E-state index in [0.29, 0.717) is 16.4 Å². The lowest BCUT2D eigenvalue weighted by Crippen LogP contribution is -2.16. The Hall–Kier alpha value is -4.52. The molecule has 0 spiro atoms. The lowest BCUT2D eigenvalue weighted by atomic mass is 10.1. The minimum atomic E-state index is -0.710. The Bertz CT molecular complexity index is 1630. The number of hydrogen-bond acceptors (Lipinski definition) is 5. The molecular weight excluding hydrogens is 437 g/mol. The predicted molar refractivity (Wildman–Crippen MR) is 126 cm³/mol. The highest BCUT2D eigenvalue weighted by atomic mass is 19.1. The molecule has 0 saturated heterocycles. The van der Waals surface area contributed by atoms with E-state index in [1.54, 1.807) is 36.4 Å². The van der Waals surface area contributed by atoms with E-state index < -0.39 is 17.5 Å². The zero-order valence-electron chi connectivity index (χ0n) is 18.1. The van der Waals surface area contributed by atoms with Crippen molar-refractivity contribution < 1.29 is 22.8 Å². The maximum Gasteiger partial charge on any atom is 0.291 e. The highest BCUT2D eigenvalue weighted by Crippen LogP contribution is 2.33. The Morgan fingerprint density at radius 1 is 0.882 bits per heavy atom. The van der Waals surface area contributed by atoms with Gasteiger partial charge < -0.3 is 14.2 Å². The number of rotatable bonds is 5. The number of anilines is 1. The fourth-order valence-corrected chi connectivity index (χ4v) is 3.77. The molecule has 7 heteroatoms. The van der Waals surface area contributed by atoms with Crippen molar-refractivity contribution in [1.29, 1.82) is 0 Å². The number of benzene rings is 3. The van der Waals surface area contributed by atoms with Crippen LogP contribution in [0.25, 0.3) is 21.9 Å². The van der Waals surface area contributed by atoms with Crippen molar-refractivity contribution in [2.24, 2.45) is 0 Å². The van der Waals surface area contributed by atoms with Gasteiger partial charge in [-0.15, -0.1) is 0 Å². The van der Waals surface area contributed by atoms with Gasteiger partial charge in [0, 0.05) is 17.0 Å². The van der Waals surface area contributed by atoms with Gasteiger partial charge in [0.2, 0.25) is 5.78 Å².